The Morgan fingerprint density at radius 3 is 2.58 bits per heavy atom. The summed E-state index contributed by atoms with van der Waals surface area (Å²) in [5, 5.41) is 0.286. The monoisotopic (exact) mass is 420 g/mol. The van der Waals surface area contributed by atoms with Gasteiger partial charge in [-0.3, -0.25) is 34.8 Å². The van der Waals surface area contributed by atoms with Crippen LogP contribution < -0.4 is 22.1 Å². The molecule has 0 aliphatic rings. The van der Waals surface area contributed by atoms with Gasteiger partial charge in [0.05, 0.1) is 21.9 Å². The van der Waals surface area contributed by atoms with Crippen molar-refractivity contribution in [3.63, 3.8) is 0 Å². The maximum Gasteiger partial charge on any atom is 0.329 e. The highest BCUT2D eigenvalue weighted by Gasteiger charge is 2.14. The fraction of sp³-hybridized carbons (Fsp3) is 0.190. The van der Waals surface area contributed by atoms with Crippen molar-refractivity contribution < 1.29 is 9.59 Å². The van der Waals surface area contributed by atoms with Crippen LogP contribution in [0.5, 0.6) is 0 Å². The zero-order chi connectivity index (χ0) is 22.1. The van der Waals surface area contributed by atoms with Crippen molar-refractivity contribution in [2.24, 2.45) is 0 Å². The van der Waals surface area contributed by atoms with Crippen molar-refractivity contribution in [1.82, 2.24) is 30.0 Å². The van der Waals surface area contributed by atoms with Crippen LogP contribution in [0.4, 0.5) is 0 Å². The minimum atomic E-state index is -0.711. The number of para-hydroxylation sites is 1. The summed E-state index contributed by atoms with van der Waals surface area (Å²) in [6.45, 7) is 4.30. The molecule has 0 aliphatic carbocycles. The van der Waals surface area contributed by atoms with Crippen molar-refractivity contribution in [3.05, 3.63) is 74.7 Å². The van der Waals surface area contributed by atoms with Gasteiger partial charge >= 0.3 is 5.69 Å². The molecule has 0 atom stereocenters. The Morgan fingerprint density at radius 1 is 1.03 bits per heavy atom. The van der Waals surface area contributed by atoms with Gasteiger partial charge < -0.3 is 4.57 Å². The molecule has 10 heteroatoms. The number of carbonyl (C=O) groups excluding carboxylic acids is 2. The number of carbonyl (C=O) groups is 2. The van der Waals surface area contributed by atoms with Gasteiger partial charge in [0.15, 0.2) is 0 Å². The van der Waals surface area contributed by atoms with Crippen LogP contribution in [0.15, 0.2) is 52.1 Å². The number of imidazole rings is 1. The number of aromatic nitrogens is 4. The van der Waals surface area contributed by atoms with Crippen LogP contribution in [0.3, 0.4) is 0 Å². The van der Waals surface area contributed by atoms with Gasteiger partial charge in [0.25, 0.3) is 17.4 Å². The number of hydrogen-bond acceptors (Lipinski definition) is 5. The Labute approximate surface area is 175 Å². The molecule has 2 aromatic heterocycles. The SMILES string of the molecule is CCn1c(C)nc2cc(C(=O)NNC(=O)Cn3c(=O)[nH]c(=O)c4ccccc43)ccc21. The van der Waals surface area contributed by atoms with E-state index in [4.69, 9.17) is 0 Å². The Balaban J connectivity index is 1.49. The molecule has 10 nitrogen and oxygen atoms in total. The Kier molecular flexibility index (Phi) is 5.12. The summed E-state index contributed by atoms with van der Waals surface area (Å²) >= 11 is 0. The number of hydrazine groups is 1. The van der Waals surface area contributed by atoms with Crippen molar-refractivity contribution in [2.45, 2.75) is 26.9 Å². The maximum atomic E-state index is 12.5. The third kappa shape index (κ3) is 3.70. The standard InChI is InChI=1S/C21H20N6O4/c1-3-26-12(2)22-15-10-13(8-9-17(15)26)19(29)25-24-18(28)11-27-16-7-5-4-6-14(16)20(30)23-21(27)31/h4-10H,3,11H2,1-2H3,(H,24,28)(H,25,29)(H,23,30,31). The Morgan fingerprint density at radius 2 is 1.81 bits per heavy atom. The minimum Gasteiger partial charge on any atom is -0.329 e. The van der Waals surface area contributed by atoms with E-state index in [9.17, 15) is 19.2 Å². The van der Waals surface area contributed by atoms with E-state index in [-0.39, 0.29) is 11.9 Å². The van der Waals surface area contributed by atoms with Gasteiger partial charge in [-0.1, -0.05) is 12.1 Å². The van der Waals surface area contributed by atoms with E-state index in [1.807, 2.05) is 24.5 Å². The number of fused-ring (bicyclic) bond motifs is 2. The minimum absolute atomic E-state index is 0.286. The first kappa shape index (κ1) is 20.1. The van der Waals surface area contributed by atoms with Crippen molar-refractivity contribution in [1.29, 1.82) is 0 Å². The maximum absolute atomic E-state index is 12.5. The molecule has 4 aromatic rings. The molecule has 2 amide bonds. The van der Waals surface area contributed by atoms with E-state index in [0.29, 0.717) is 16.6 Å². The molecule has 2 heterocycles. The fourth-order valence-electron chi connectivity index (χ4n) is 3.57. The van der Waals surface area contributed by atoms with Gasteiger partial charge in [0, 0.05) is 12.1 Å². The van der Waals surface area contributed by atoms with E-state index < -0.39 is 23.1 Å². The molecular formula is C21H20N6O4. The van der Waals surface area contributed by atoms with Crippen molar-refractivity contribution in [2.75, 3.05) is 0 Å². The molecule has 2 aromatic carbocycles. The number of benzene rings is 2. The third-order valence-corrected chi connectivity index (χ3v) is 5.04. The lowest BCUT2D eigenvalue weighted by Gasteiger charge is -2.11. The smallest absolute Gasteiger partial charge is 0.329 e. The summed E-state index contributed by atoms with van der Waals surface area (Å²) in [7, 11) is 0. The normalized spacial score (nSPS) is 11.0. The largest absolute Gasteiger partial charge is 0.329 e. The van der Waals surface area contributed by atoms with Crippen LogP contribution in [0.2, 0.25) is 0 Å². The van der Waals surface area contributed by atoms with E-state index >= 15 is 0 Å². The van der Waals surface area contributed by atoms with E-state index in [1.165, 1.54) is 0 Å². The van der Waals surface area contributed by atoms with Gasteiger partial charge in [-0.25, -0.2) is 9.78 Å². The summed E-state index contributed by atoms with van der Waals surface area (Å²) in [6.07, 6.45) is 0. The van der Waals surface area contributed by atoms with Crippen molar-refractivity contribution >= 4 is 33.8 Å². The summed E-state index contributed by atoms with van der Waals surface area (Å²) in [5.74, 6) is -0.292. The number of aromatic amines is 1. The van der Waals surface area contributed by atoms with E-state index in [2.05, 4.69) is 20.8 Å². The average molecular weight is 420 g/mol. The summed E-state index contributed by atoms with van der Waals surface area (Å²) < 4.78 is 3.16. The summed E-state index contributed by atoms with van der Waals surface area (Å²) in [6, 6.07) is 11.6. The van der Waals surface area contributed by atoms with Gasteiger partial charge in [-0.15, -0.1) is 0 Å². The lowest BCUT2D eigenvalue weighted by Crippen LogP contribution is -2.45. The lowest BCUT2D eigenvalue weighted by molar-refractivity contribution is -0.122. The average Bonchev–Trinajstić information content (AvgIpc) is 3.08. The molecule has 0 aliphatic heterocycles. The van der Waals surface area contributed by atoms with Gasteiger partial charge in [0.2, 0.25) is 0 Å². The molecule has 0 fully saturated rings. The number of H-pyrrole nitrogens is 1. The summed E-state index contributed by atoms with van der Waals surface area (Å²) in [5.41, 5.74) is 5.66. The highest BCUT2D eigenvalue weighted by Crippen LogP contribution is 2.17. The molecule has 3 N–H and O–H groups in total. The molecular weight excluding hydrogens is 400 g/mol. The molecule has 0 spiro atoms. The third-order valence-electron chi connectivity index (χ3n) is 5.04. The van der Waals surface area contributed by atoms with Crippen LogP contribution in [-0.4, -0.2) is 30.9 Å². The lowest BCUT2D eigenvalue weighted by atomic mass is 10.2. The van der Waals surface area contributed by atoms with Crippen LogP contribution in [0.1, 0.15) is 23.1 Å². The number of nitrogens with zero attached hydrogens (tertiary/aromatic N) is 3. The molecule has 158 valence electrons. The number of amides is 2. The molecule has 0 radical (unpaired) electrons. The first-order valence-electron chi connectivity index (χ1n) is 9.67. The number of hydrogen-bond donors (Lipinski definition) is 3. The molecule has 4 rings (SSSR count). The van der Waals surface area contributed by atoms with E-state index in [0.717, 1.165) is 22.5 Å². The van der Waals surface area contributed by atoms with Gasteiger partial charge in [0.1, 0.15) is 12.4 Å². The second-order valence-electron chi connectivity index (χ2n) is 6.97. The second kappa shape index (κ2) is 7.90. The van der Waals surface area contributed by atoms with Crippen LogP contribution >= 0.6 is 0 Å². The first-order chi connectivity index (χ1) is 14.9. The highest BCUT2D eigenvalue weighted by molar-refractivity contribution is 5.98. The quantitative estimate of drug-likeness (QED) is 0.421. The molecule has 0 saturated heterocycles. The fourth-order valence-corrected chi connectivity index (χ4v) is 3.57. The first-order valence-corrected chi connectivity index (χ1v) is 9.67. The Bertz CT molecular complexity index is 1450. The number of nitrogens with one attached hydrogen (secondary N) is 3. The number of aryl methyl sites for hydroxylation is 2. The van der Waals surface area contributed by atoms with Crippen molar-refractivity contribution in [3.8, 4) is 0 Å². The van der Waals surface area contributed by atoms with E-state index in [1.54, 1.807) is 36.4 Å². The van der Waals surface area contributed by atoms with Gasteiger partial charge in [-0.2, -0.15) is 0 Å². The Hall–Kier alpha value is -4.21. The molecule has 0 bridgehead atoms. The van der Waals surface area contributed by atoms with Gasteiger partial charge in [-0.05, 0) is 44.2 Å². The molecule has 0 saturated carbocycles. The summed E-state index contributed by atoms with van der Waals surface area (Å²) in [4.78, 5) is 55.5. The van der Waals surface area contributed by atoms with Crippen LogP contribution in [-0.2, 0) is 17.9 Å². The molecule has 31 heavy (non-hydrogen) atoms. The van der Waals surface area contributed by atoms with Crippen LogP contribution in [0.25, 0.3) is 21.9 Å². The number of rotatable bonds is 4. The zero-order valence-electron chi connectivity index (χ0n) is 16.9. The van der Waals surface area contributed by atoms with Crippen LogP contribution in [0, 0.1) is 6.92 Å². The predicted molar refractivity (Wildman–Crippen MR) is 115 cm³/mol. The predicted octanol–water partition coefficient (Wildman–Crippen LogP) is 0.829. The molecule has 0 unspecified atom stereocenters. The highest BCUT2D eigenvalue weighted by atomic mass is 16.2. The zero-order valence-corrected chi connectivity index (χ0v) is 16.9. The second-order valence-corrected chi connectivity index (χ2v) is 6.97. The topological polar surface area (TPSA) is 131 Å².